The van der Waals surface area contributed by atoms with Crippen LogP contribution in [0.15, 0.2) is 53.1 Å². The van der Waals surface area contributed by atoms with Gasteiger partial charge in [-0.15, -0.1) is 0 Å². The van der Waals surface area contributed by atoms with E-state index in [0.717, 1.165) is 27.7 Å². The fourth-order valence-corrected chi connectivity index (χ4v) is 2.91. The predicted octanol–water partition coefficient (Wildman–Crippen LogP) is 4.28. The minimum Gasteiger partial charge on any atom is -0.493 e. The molecule has 0 amide bonds. The van der Waals surface area contributed by atoms with Crippen LogP contribution in [0.1, 0.15) is 5.69 Å². The van der Waals surface area contributed by atoms with Crippen LogP contribution in [-0.4, -0.2) is 29.3 Å². The van der Waals surface area contributed by atoms with Crippen LogP contribution in [0, 0.1) is 6.92 Å². The van der Waals surface area contributed by atoms with Crippen molar-refractivity contribution in [2.24, 2.45) is 0 Å². The van der Waals surface area contributed by atoms with Crippen molar-refractivity contribution in [2.75, 3.05) is 14.2 Å². The van der Waals surface area contributed by atoms with Gasteiger partial charge in [-0.3, -0.25) is 4.98 Å². The van der Waals surface area contributed by atoms with Gasteiger partial charge in [0.2, 0.25) is 5.82 Å². The molecule has 130 valence electrons. The summed E-state index contributed by atoms with van der Waals surface area (Å²) in [5.41, 5.74) is 3.45. The smallest absolute Gasteiger partial charge is 0.258 e. The maximum atomic E-state index is 5.49. The first kappa shape index (κ1) is 16.1. The molecule has 0 aliphatic carbocycles. The van der Waals surface area contributed by atoms with Crippen molar-refractivity contribution >= 4 is 10.9 Å². The zero-order valence-electron chi connectivity index (χ0n) is 14.7. The monoisotopic (exact) mass is 347 g/mol. The number of aromatic nitrogens is 3. The topological polar surface area (TPSA) is 70.3 Å². The zero-order chi connectivity index (χ0) is 18.1. The number of rotatable bonds is 4. The third kappa shape index (κ3) is 2.75. The molecular formula is C20H17N3O3. The second-order valence-electron chi connectivity index (χ2n) is 5.82. The molecule has 4 aromatic rings. The number of hydrogen-bond donors (Lipinski definition) is 0. The molecule has 0 atom stereocenters. The van der Waals surface area contributed by atoms with E-state index in [1.54, 1.807) is 14.2 Å². The van der Waals surface area contributed by atoms with Crippen LogP contribution in [-0.2, 0) is 0 Å². The highest BCUT2D eigenvalue weighted by atomic mass is 16.5. The van der Waals surface area contributed by atoms with Gasteiger partial charge in [0.1, 0.15) is 0 Å². The summed E-state index contributed by atoms with van der Waals surface area (Å²) in [5, 5.41) is 5.15. The Morgan fingerprint density at radius 2 is 1.69 bits per heavy atom. The van der Waals surface area contributed by atoms with Gasteiger partial charge in [0.25, 0.3) is 5.89 Å². The number of fused-ring (bicyclic) bond motifs is 1. The molecule has 4 rings (SSSR count). The summed E-state index contributed by atoms with van der Waals surface area (Å²) < 4.78 is 16.1. The summed E-state index contributed by atoms with van der Waals surface area (Å²) in [7, 11) is 3.19. The number of ether oxygens (including phenoxy) is 2. The predicted molar refractivity (Wildman–Crippen MR) is 98.3 cm³/mol. The van der Waals surface area contributed by atoms with Crippen molar-refractivity contribution in [3.05, 3.63) is 54.2 Å². The molecule has 2 aromatic carbocycles. The number of aryl methyl sites for hydroxylation is 1. The summed E-state index contributed by atoms with van der Waals surface area (Å²) >= 11 is 0. The van der Waals surface area contributed by atoms with Crippen LogP contribution < -0.4 is 9.47 Å². The molecule has 0 saturated heterocycles. The molecule has 2 heterocycles. The second-order valence-corrected chi connectivity index (χ2v) is 5.82. The van der Waals surface area contributed by atoms with E-state index in [0.29, 0.717) is 23.2 Å². The fourth-order valence-electron chi connectivity index (χ4n) is 2.91. The lowest BCUT2D eigenvalue weighted by Gasteiger charge is -2.07. The van der Waals surface area contributed by atoms with Crippen LogP contribution >= 0.6 is 0 Å². The molecule has 0 spiro atoms. The van der Waals surface area contributed by atoms with E-state index < -0.39 is 0 Å². The number of nitrogens with zero attached hydrogens (tertiary/aromatic N) is 3. The molecule has 6 nitrogen and oxygen atoms in total. The lowest BCUT2D eigenvalue weighted by Crippen LogP contribution is -1.91. The summed E-state index contributed by atoms with van der Waals surface area (Å²) in [6.45, 7) is 1.95. The highest BCUT2D eigenvalue weighted by Gasteiger charge is 2.16. The van der Waals surface area contributed by atoms with Crippen molar-refractivity contribution in [1.29, 1.82) is 0 Å². The first-order valence-corrected chi connectivity index (χ1v) is 8.12. The van der Waals surface area contributed by atoms with Gasteiger partial charge in [-0.1, -0.05) is 23.4 Å². The van der Waals surface area contributed by atoms with Crippen molar-refractivity contribution in [3.8, 4) is 34.3 Å². The molecule has 0 unspecified atom stereocenters. The van der Waals surface area contributed by atoms with Gasteiger partial charge in [-0.2, -0.15) is 4.98 Å². The van der Waals surface area contributed by atoms with Crippen molar-refractivity contribution in [3.63, 3.8) is 0 Å². The Hall–Kier alpha value is -3.41. The van der Waals surface area contributed by atoms with E-state index in [-0.39, 0.29) is 0 Å². The number of pyridine rings is 1. The summed E-state index contributed by atoms with van der Waals surface area (Å²) in [5.74, 6) is 2.19. The van der Waals surface area contributed by atoms with Crippen LogP contribution in [0.5, 0.6) is 11.5 Å². The zero-order valence-corrected chi connectivity index (χ0v) is 14.7. The van der Waals surface area contributed by atoms with E-state index in [4.69, 9.17) is 14.0 Å². The average Bonchev–Trinajstić information content (AvgIpc) is 3.16. The highest BCUT2D eigenvalue weighted by Crippen LogP contribution is 2.33. The maximum Gasteiger partial charge on any atom is 0.258 e. The van der Waals surface area contributed by atoms with Gasteiger partial charge in [0.05, 0.1) is 19.7 Å². The largest absolute Gasteiger partial charge is 0.493 e. The first-order chi connectivity index (χ1) is 12.7. The van der Waals surface area contributed by atoms with Gasteiger partial charge in [0.15, 0.2) is 11.5 Å². The molecule has 0 bridgehead atoms. The van der Waals surface area contributed by atoms with Crippen molar-refractivity contribution in [1.82, 2.24) is 15.1 Å². The number of hydrogen-bond acceptors (Lipinski definition) is 6. The summed E-state index contributed by atoms with van der Waals surface area (Å²) in [4.78, 5) is 9.12. The van der Waals surface area contributed by atoms with Gasteiger partial charge >= 0.3 is 0 Å². The van der Waals surface area contributed by atoms with Gasteiger partial charge in [-0.05, 0) is 37.3 Å². The lowest BCUT2D eigenvalue weighted by atomic mass is 10.1. The Balaban J connectivity index is 1.80. The van der Waals surface area contributed by atoms with Crippen LogP contribution in [0.2, 0.25) is 0 Å². The van der Waals surface area contributed by atoms with Gasteiger partial charge in [0, 0.05) is 22.2 Å². The quantitative estimate of drug-likeness (QED) is 0.549. The van der Waals surface area contributed by atoms with Crippen molar-refractivity contribution in [2.45, 2.75) is 6.92 Å². The molecule has 6 heteroatoms. The number of benzene rings is 2. The SMILES string of the molecule is COc1ccc(-c2nc(-c3cc(C)nc4ccccc34)no2)cc1OC. The molecule has 0 aliphatic heterocycles. The standard InChI is InChI=1S/C20H17N3O3/c1-12-10-15(14-6-4-5-7-16(14)21-12)19-22-20(26-23-19)13-8-9-17(24-2)18(11-13)25-3/h4-11H,1-3H3. The third-order valence-electron chi connectivity index (χ3n) is 4.14. The molecule has 0 N–H and O–H groups in total. The number of para-hydroxylation sites is 1. The molecule has 26 heavy (non-hydrogen) atoms. The Bertz CT molecular complexity index is 1090. The molecule has 2 aromatic heterocycles. The summed E-state index contributed by atoms with van der Waals surface area (Å²) in [6.07, 6.45) is 0. The molecule has 0 saturated carbocycles. The van der Waals surface area contributed by atoms with Crippen LogP contribution in [0.25, 0.3) is 33.7 Å². The molecule has 0 radical (unpaired) electrons. The molecular weight excluding hydrogens is 330 g/mol. The van der Waals surface area contributed by atoms with Crippen LogP contribution in [0.3, 0.4) is 0 Å². The number of methoxy groups -OCH3 is 2. The lowest BCUT2D eigenvalue weighted by molar-refractivity contribution is 0.355. The summed E-state index contributed by atoms with van der Waals surface area (Å²) in [6, 6.07) is 15.4. The van der Waals surface area contributed by atoms with E-state index in [1.165, 1.54) is 0 Å². The minimum absolute atomic E-state index is 0.416. The van der Waals surface area contributed by atoms with E-state index >= 15 is 0 Å². The molecule has 0 aliphatic rings. The Morgan fingerprint density at radius 1 is 0.885 bits per heavy atom. The van der Waals surface area contributed by atoms with Gasteiger partial charge < -0.3 is 14.0 Å². The van der Waals surface area contributed by atoms with E-state index in [9.17, 15) is 0 Å². The first-order valence-electron chi connectivity index (χ1n) is 8.12. The van der Waals surface area contributed by atoms with Gasteiger partial charge in [-0.25, -0.2) is 0 Å². The Labute approximate surface area is 150 Å². The van der Waals surface area contributed by atoms with E-state index in [1.807, 2.05) is 55.5 Å². The fraction of sp³-hybridized carbons (Fsp3) is 0.150. The van der Waals surface area contributed by atoms with Crippen molar-refractivity contribution < 1.29 is 14.0 Å². The maximum absolute atomic E-state index is 5.49. The van der Waals surface area contributed by atoms with E-state index in [2.05, 4.69) is 15.1 Å². The Kier molecular flexibility index (Phi) is 4.01. The third-order valence-corrected chi connectivity index (χ3v) is 4.14. The molecule has 0 fully saturated rings. The van der Waals surface area contributed by atoms with Crippen LogP contribution in [0.4, 0.5) is 0 Å². The highest BCUT2D eigenvalue weighted by molar-refractivity contribution is 5.92. The minimum atomic E-state index is 0.416. The average molecular weight is 347 g/mol. The normalized spacial score (nSPS) is 10.9. The Morgan fingerprint density at radius 3 is 2.50 bits per heavy atom. The second kappa shape index (κ2) is 6.48.